The Morgan fingerprint density at radius 3 is 1.84 bits per heavy atom. The molecule has 25 heavy (non-hydrogen) atoms. The summed E-state index contributed by atoms with van der Waals surface area (Å²) in [4.78, 5) is 42.7. The summed E-state index contributed by atoms with van der Waals surface area (Å²) in [6, 6.07) is 0. The maximum Gasteiger partial charge on any atom is 0.261 e. The fraction of sp³-hybridized carbons (Fsp3) is 0.611. The zero-order valence-corrected chi connectivity index (χ0v) is 15.6. The van der Waals surface area contributed by atoms with Crippen molar-refractivity contribution in [3.05, 3.63) is 25.3 Å². The first-order valence-electron chi connectivity index (χ1n) is 8.31. The lowest BCUT2D eigenvalue weighted by molar-refractivity contribution is -0.287. The Hall–Kier alpha value is -1.99. The van der Waals surface area contributed by atoms with Gasteiger partial charge in [0, 0.05) is 37.0 Å². The molecule has 0 radical (unpaired) electrons. The molecule has 1 heterocycles. The molecule has 1 rings (SSSR count). The van der Waals surface area contributed by atoms with Crippen molar-refractivity contribution in [2.75, 3.05) is 13.1 Å². The molecule has 1 saturated heterocycles. The van der Waals surface area contributed by atoms with Crippen molar-refractivity contribution in [3.8, 4) is 0 Å². The van der Waals surface area contributed by atoms with E-state index in [1.165, 1.54) is 12.2 Å². The fourth-order valence-electron chi connectivity index (χ4n) is 3.13. The van der Waals surface area contributed by atoms with Crippen molar-refractivity contribution in [3.63, 3.8) is 0 Å². The maximum absolute atomic E-state index is 12.4. The highest BCUT2D eigenvalue weighted by Gasteiger charge is 2.48. The van der Waals surface area contributed by atoms with Crippen LogP contribution in [0.2, 0.25) is 0 Å². The molecule has 1 fully saturated rings. The summed E-state index contributed by atoms with van der Waals surface area (Å²) in [7, 11) is 0. The molecule has 0 saturated carbocycles. The molecule has 0 aliphatic carbocycles. The molecule has 0 atom stereocenters. The van der Waals surface area contributed by atoms with Crippen LogP contribution in [0, 0.1) is 0 Å². The van der Waals surface area contributed by atoms with Crippen molar-refractivity contribution in [2.45, 2.75) is 57.7 Å². The Morgan fingerprint density at radius 2 is 1.48 bits per heavy atom. The summed E-state index contributed by atoms with van der Waals surface area (Å²) in [6.45, 7) is 14.9. The van der Waals surface area contributed by atoms with Crippen LogP contribution in [0.25, 0.3) is 0 Å². The van der Waals surface area contributed by atoms with Crippen molar-refractivity contribution in [2.24, 2.45) is 0 Å². The Morgan fingerprint density at radius 1 is 1.08 bits per heavy atom. The van der Waals surface area contributed by atoms with E-state index in [1.54, 1.807) is 5.06 Å². The average Bonchev–Trinajstić information content (AvgIpc) is 2.47. The van der Waals surface area contributed by atoms with Gasteiger partial charge in [0.15, 0.2) is 0 Å². The van der Waals surface area contributed by atoms with Crippen LogP contribution in [0.15, 0.2) is 25.3 Å². The number of hydroxylamine groups is 2. The van der Waals surface area contributed by atoms with Crippen LogP contribution in [0.3, 0.4) is 0 Å². The highest BCUT2D eigenvalue weighted by Crippen LogP contribution is 2.37. The summed E-state index contributed by atoms with van der Waals surface area (Å²) in [5.74, 6) is -1.01. The van der Waals surface area contributed by atoms with Gasteiger partial charge < -0.3 is 10.6 Å². The average molecular weight is 351 g/mol. The van der Waals surface area contributed by atoms with E-state index in [2.05, 4.69) is 23.8 Å². The molecule has 2 N–H and O–H groups in total. The number of amides is 2. The minimum atomic E-state index is -1.37. The largest absolute Gasteiger partial charge is 0.350 e. The summed E-state index contributed by atoms with van der Waals surface area (Å²) in [6.07, 6.45) is 2.23. The second-order valence-corrected chi connectivity index (χ2v) is 7.36. The first-order valence-corrected chi connectivity index (χ1v) is 8.31. The maximum atomic E-state index is 12.4. The van der Waals surface area contributed by atoms with Crippen molar-refractivity contribution in [1.82, 2.24) is 15.7 Å². The topological polar surface area (TPSA) is 87.7 Å². The minimum Gasteiger partial charge on any atom is -0.350 e. The number of carbonyl (C=O) groups is 3. The predicted molar refractivity (Wildman–Crippen MR) is 95.5 cm³/mol. The first kappa shape index (κ1) is 21.1. The first-order chi connectivity index (χ1) is 11.5. The Balaban J connectivity index is 3.06. The summed E-state index contributed by atoms with van der Waals surface area (Å²) in [5, 5.41) is 6.77. The van der Waals surface area contributed by atoms with E-state index in [4.69, 9.17) is 4.84 Å². The molecule has 0 bridgehead atoms. The highest BCUT2D eigenvalue weighted by molar-refractivity contribution is 6.03. The van der Waals surface area contributed by atoms with Crippen molar-refractivity contribution < 1.29 is 19.2 Å². The quantitative estimate of drug-likeness (QED) is 0.505. The van der Waals surface area contributed by atoms with Gasteiger partial charge in [-0.2, -0.15) is 5.06 Å². The molecule has 1 aliphatic heterocycles. The van der Waals surface area contributed by atoms with Crippen LogP contribution in [-0.2, 0) is 19.2 Å². The molecular weight excluding hydrogens is 322 g/mol. The molecule has 0 aromatic heterocycles. The molecule has 2 amide bonds. The molecule has 1 aliphatic rings. The number of piperidine rings is 1. The zero-order chi connectivity index (χ0) is 19.3. The third-order valence-electron chi connectivity index (χ3n) is 3.89. The van der Waals surface area contributed by atoms with Crippen LogP contribution in [0.5, 0.6) is 0 Å². The van der Waals surface area contributed by atoms with Gasteiger partial charge in [0.2, 0.25) is 6.10 Å². The number of hydrogen-bond acceptors (Lipinski definition) is 5. The lowest BCUT2D eigenvalue weighted by Gasteiger charge is -2.51. The van der Waals surface area contributed by atoms with Gasteiger partial charge in [-0.05, 0) is 27.7 Å². The number of ketones is 1. The number of hydrogen-bond donors (Lipinski definition) is 2. The zero-order valence-electron chi connectivity index (χ0n) is 15.6. The number of rotatable bonds is 8. The molecule has 0 unspecified atom stereocenters. The molecule has 140 valence electrons. The van der Waals surface area contributed by atoms with Gasteiger partial charge in [-0.1, -0.05) is 12.2 Å². The summed E-state index contributed by atoms with van der Waals surface area (Å²) >= 11 is 0. The van der Waals surface area contributed by atoms with Crippen LogP contribution in [0.1, 0.15) is 40.5 Å². The standard InChI is InChI=1S/C18H29N3O4/c1-7-9-19-15(23)14(16(24)20-10-8-2)25-21-17(3,4)11-13(22)12-18(21,5)6/h7-8,14H,1-2,9-12H2,3-6H3,(H,19,23)(H,20,24). The van der Waals surface area contributed by atoms with Crippen molar-refractivity contribution in [1.29, 1.82) is 0 Å². The van der Waals surface area contributed by atoms with Crippen molar-refractivity contribution >= 4 is 17.6 Å². The Bertz CT molecular complexity index is 511. The third-order valence-corrected chi connectivity index (χ3v) is 3.89. The Labute approximate surface area is 149 Å². The lowest BCUT2D eigenvalue weighted by Crippen LogP contribution is -2.64. The van der Waals surface area contributed by atoms with E-state index in [0.717, 1.165) is 0 Å². The molecule has 7 heteroatoms. The lowest BCUT2D eigenvalue weighted by atomic mass is 9.81. The molecule has 0 aromatic rings. The van der Waals surface area contributed by atoms with Gasteiger partial charge in [0.25, 0.3) is 11.8 Å². The normalized spacial score (nSPS) is 19.3. The smallest absolute Gasteiger partial charge is 0.261 e. The second-order valence-electron chi connectivity index (χ2n) is 7.36. The van der Waals surface area contributed by atoms with E-state index in [0.29, 0.717) is 0 Å². The van der Waals surface area contributed by atoms with E-state index in [1.807, 2.05) is 27.7 Å². The van der Waals surface area contributed by atoms with Gasteiger partial charge in [-0.15, -0.1) is 13.2 Å². The van der Waals surface area contributed by atoms with Gasteiger partial charge >= 0.3 is 0 Å². The van der Waals surface area contributed by atoms with Crippen LogP contribution < -0.4 is 10.6 Å². The van der Waals surface area contributed by atoms with Crippen LogP contribution >= 0.6 is 0 Å². The summed E-state index contributed by atoms with van der Waals surface area (Å²) in [5.41, 5.74) is -1.29. The van der Waals surface area contributed by atoms with E-state index < -0.39 is 29.0 Å². The monoisotopic (exact) mass is 351 g/mol. The van der Waals surface area contributed by atoms with Gasteiger partial charge in [-0.25, -0.2) is 0 Å². The Kier molecular flexibility index (Phi) is 7.07. The second kappa shape index (κ2) is 8.40. The molecule has 0 aromatic carbocycles. The number of Topliss-reactive ketones (excluding diaryl/α,β-unsaturated/α-hetero) is 1. The predicted octanol–water partition coefficient (Wildman–Crippen LogP) is 1.11. The minimum absolute atomic E-state index is 0.124. The van der Waals surface area contributed by atoms with Crippen LogP contribution in [-0.4, -0.2) is 52.9 Å². The fourth-order valence-corrected chi connectivity index (χ4v) is 3.13. The number of nitrogens with zero attached hydrogens (tertiary/aromatic N) is 1. The van der Waals surface area contributed by atoms with E-state index in [-0.39, 0.29) is 31.7 Å². The third kappa shape index (κ3) is 5.51. The number of carbonyl (C=O) groups excluding carboxylic acids is 3. The highest BCUT2D eigenvalue weighted by atomic mass is 16.7. The van der Waals surface area contributed by atoms with Gasteiger partial charge in [-0.3, -0.25) is 19.2 Å². The van der Waals surface area contributed by atoms with Gasteiger partial charge in [0.1, 0.15) is 5.78 Å². The summed E-state index contributed by atoms with van der Waals surface area (Å²) < 4.78 is 0. The van der Waals surface area contributed by atoms with E-state index >= 15 is 0 Å². The molecular formula is C18H29N3O4. The molecule has 0 spiro atoms. The van der Waals surface area contributed by atoms with Crippen LogP contribution in [0.4, 0.5) is 0 Å². The number of nitrogens with one attached hydrogen (secondary N) is 2. The molecule has 7 nitrogen and oxygen atoms in total. The SMILES string of the molecule is C=CCNC(=O)C(ON1C(C)(C)CC(=O)CC1(C)C)C(=O)NCC=C. The van der Waals surface area contributed by atoms with Gasteiger partial charge in [0.05, 0.1) is 0 Å². The van der Waals surface area contributed by atoms with E-state index in [9.17, 15) is 14.4 Å².